The van der Waals surface area contributed by atoms with Crippen LogP contribution >= 0.6 is 0 Å². The summed E-state index contributed by atoms with van der Waals surface area (Å²) in [5.74, 6) is -0.530. The van der Waals surface area contributed by atoms with Gasteiger partial charge in [0.25, 0.3) is 5.91 Å². The van der Waals surface area contributed by atoms with Gasteiger partial charge in [-0.05, 0) is 62.1 Å². The number of anilines is 1. The van der Waals surface area contributed by atoms with Crippen LogP contribution in [0, 0.1) is 12.8 Å². The van der Waals surface area contributed by atoms with Crippen molar-refractivity contribution in [2.24, 2.45) is 5.92 Å². The maximum atomic E-state index is 12.7. The number of benzene rings is 2. The highest BCUT2D eigenvalue weighted by Crippen LogP contribution is 2.22. The minimum atomic E-state index is -0.361. The molecule has 0 aromatic heterocycles. The van der Waals surface area contributed by atoms with Crippen LogP contribution in [-0.4, -0.2) is 42.4 Å². The number of rotatable bonds is 6. The smallest absolute Gasteiger partial charge is 0.338 e. The van der Waals surface area contributed by atoms with Crippen LogP contribution in [0.5, 0.6) is 0 Å². The van der Waals surface area contributed by atoms with Gasteiger partial charge in [-0.2, -0.15) is 0 Å². The number of carbonyl (C=O) groups is 3. The molecule has 0 spiro atoms. The molecule has 1 heterocycles. The Labute approximate surface area is 177 Å². The summed E-state index contributed by atoms with van der Waals surface area (Å²) in [4.78, 5) is 39.0. The first kappa shape index (κ1) is 21.6. The van der Waals surface area contributed by atoms with Gasteiger partial charge in [0.05, 0.1) is 12.2 Å². The van der Waals surface area contributed by atoms with E-state index in [9.17, 15) is 14.4 Å². The van der Waals surface area contributed by atoms with Gasteiger partial charge in [0.1, 0.15) is 0 Å². The number of piperidine rings is 1. The highest BCUT2D eigenvalue weighted by molar-refractivity contribution is 5.96. The van der Waals surface area contributed by atoms with E-state index in [-0.39, 0.29) is 23.7 Å². The Morgan fingerprint density at radius 3 is 2.33 bits per heavy atom. The molecule has 30 heavy (non-hydrogen) atoms. The van der Waals surface area contributed by atoms with Crippen LogP contribution in [0.4, 0.5) is 5.69 Å². The summed E-state index contributed by atoms with van der Waals surface area (Å²) >= 11 is 0. The predicted molar refractivity (Wildman–Crippen MR) is 115 cm³/mol. The van der Waals surface area contributed by atoms with Crippen LogP contribution in [0.15, 0.2) is 48.5 Å². The Bertz CT molecular complexity index is 900. The Morgan fingerprint density at radius 1 is 1.03 bits per heavy atom. The monoisotopic (exact) mass is 408 g/mol. The first-order chi connectivity index (χ1) is 14.5. The Balaban J connectivity index is 1.51. The zero-order chi connectivity index (χ0) is 21.5. The molecule has 1 aliphatic rings. The van der Waals surface area contributed by atoms with E-state index in [1.807, 2.05) is 43.0 Å². The van der Waals surface area contributed by atoms with Crippen molar-refractivity contribution < 1.29 is 19.1 Å². The van der Waals surface area contributed by atoms with Crippen molar-refractivity contribution in [3.05, 3.63) is 65.2 Å². The largest absolute Gasteiger partial charge is 0.462 e. The van der Waals surface area contributed by atoms with Crippen LogP contribution < -0.4 is 5.32 Å². The third kappa shape index (κ3) is 5.26. The molecule has 0 unspecified atom stereocenters. The van der Waals surface area contributed by atoms with E-state index in [0.717, 1.165) is 17.5 Å². The number of aryl methyl sites for hydroxylation is 1. The molecule has 1 N–H and O–H groups in total. The fraction of sp³-hybridized carbons (Fsp3) is 0.375. The zero-order valence-electron chi connectivity index (χ0n) is 17.5. The Morgan fingerprint density at radius 2 is 1.70 bits per heavy atom. The lowest BCUT2D eigenvalue weighted by molar-refractivity contribution is -0.121. The van der Waals surface area contributed by atoms with E-state index < -0.39 is 0 Å². The molecule has 1 aliphatic heterocycles. The number of carbonyl (C=O) groups excluding carboxylic acids is 3. The van der Waals surface area contributed by atoms with Crippen LogP contribution in [0.2, 0.25) is 0 Å². The molecule has 6 nitrogen and oxygen atoms in total. The molecule has 1 saturated heterocycles. The summed E-state index contributed by atoms with van der Waals surface area (Å²) in [5.41, 5.74) is 2.79. The summed E-state index contributed by atoms with van der Waals surface area (Å²) in [6, 6.07) is 14.3. The second-order valence-electron chi connectivity index (χ2n) is 7.58. The van der Waals surface area contributed by atoms with E-state index in [0.29, 0.717) is 43.8 Å². The molecule has 0 atom stereocenters. The molecule has 2 aromatic carbocycles. The number of likely N-dealkylation sites (tertiary alicyclic amines) is 1. The van der Waals surface area contributed by atoms with Gasteiger partial charge in [-0.15, -0.1) is 0 Å². The molecule has 1 fully saturated rings. The Hall–Kier alpha value is -3.15. The van der Waals surface area contributed by atoms with Gasteiger partial charge in [-0.25, -0.2) is 4.79 Å². The van der Waals surface area contributed by atoms with Crippen molar-refractivity contribution in [1.29, 1.82) is 0 Å². The van der Waals surface area contributed by atoms with Gasteiger partial charge in [-0.3, -0.25) is 9.59 Å². The van der Waals surface area contributed by atoms with E-state index in [1.165, 1.54) is 0 Å². The fourth-order valence-corrected chi connectivity index (χ4v) is 3.54. The van der Waals surface area contributed by atoms with Crippen molar-refractivity contribution in [2.75, 3.05) is 25.0 Å². The molecule has 6 heteroatoms. The fourth-order valence-electron chi connectivity index (χ4n) is 3.54. The number of nitrogens with zero attached hydrogens (tertiary/aromatic N) is 1. The first-order valence-corrected chi connectivity index (χ1v) is 10.4. The summed E-state index contributed by atoms with van der Waals surface area (Å²) in [5, 5.41) is 2.91. The third-order valence-corrected chi connectivity index (χ3v) is 5.35. The lowest BCUT2D eigenvalue weighted by atomic mass is 9.95. The average molecular weight is 408 g/mol. The molecule has 0 bridgehead atoms. The number of amides is 2. The van der Waals surface area contributed by atoms with Crippen molar-refractivity contribution in [3.63, 3.8) is 0 Å². The molecule has 2 amide bonds. The van der Waals surface area contributed by atoms with Gasteiger partial charge in [-0.1, -0.05) is 25.1 Å². The third-order valence-electron chi connectivity index (χ3n) is 5.35. The van der Waals surface area contributed by atoms with Crippen LogP contribution in [0.3, 0.4) is 0 Å². The van der Waals surface area contributed by atoms with E-state index in [1.54, 1.807) is 24.3 Å². The number of nitrogens with one attached hydrogen (secondary N) is 1. The minimum absolute atomic E-state index is 0.0255. The van der Waals surface area contributed by atoms with Gasteiger partial charge in [0, 0.05) is 30.3 Å². The van der Waals surface area contributed by atoms with Crippen LogP contribution in [0.1, 0.15) is 52.5 Å². The van der Waals surface area contributed by atoms with Crippen molar-refractivity contribution in [2.45, 2.75) is 33.1 Å². The summed E-state index contributed by atoms with van der Waals surface area (Å²) in [7, 11) is 0. The number of ether oxygens (including phenoxy) is 1. The molecule has 0 radical (unpaired) electrons. The number of esters is 1. The SMILES string of the molecule is CCCOC(=O)c1ccc(NC(=O)C2CCN(C(=O)c3ccccc3C)CC2)cc1. The van der Waals surface area contributed by atoms with Gasteiger partial charge < -0.3 is 15.0 Å². The zero-order valence-corrected chi connectivity index (χ0v) is 17.5. The quantitative estimate of drug-likeness (QED) is 0.732. The lowest BCUT2D eigenvalue weighted by Crippen LogP contribution is -2.41. The number of hydrogen-bond donors (Lipinski definition) is 1. The summed E-state index contributed by atoms with van der Waals surface area (Å²) in [6.07, 6.45) is 2.03. The van der Waals surface area contributed by atoms with Crippen molar-refractivity contribution >= 4 is 23.5 Å². The molecule has 3 rings (SSSR count). The highest BCUT2D eigenvalue weighted by Gasteiger charge is 2.28. The van der Waals surface area contributed by atoms with Gasteiger partial charge in [0.2, 0.25) is 5.91 Å². The standard InChI is InChI=1S/C24H28N2O4/c1-3-16-30-24(29)19-8-10-20(11-9-19)25-22(27)18-12-14-26(15-13-18)23(28)21-7-5-4-6-17(21)2/h4-11,18H,3,12-16H2,1-2H3,(H,25,27). The first-order valence-electron chi connectivity index (χ1n) is 10.4. The van der Waals surface area contributed by atoms with E-state index in [4.69, 9.17) is 4.74 Å². The second kappa shape index (κ2) is 10.1. The number of hydrogen-bond acceptors (Lipinski definition) is 4. The van der Waals surface area contributed by atoms with Gasteiger partial charge in [0.15, 0.2) is 0 Å². The normalized spacial score (nSPS) is 14.3. The molecule has 0 aliphatic carbocycles. The second-order valence-corrected chi connectivity index (χ2v) is 7.58. The average Bonchev–Trinajstić information content (AvgIpc) is 2.78. The molecule has 158 valence electrons. The predicted octanol–water partition coefficient (Wildman–Crippen LogP) is 4.05. The van der Waals surface area contributed by atoms with Crippen LogP contribution in [0.25, 0.3) is 0 Å². The van der Waals surface area contributed by atoms with Crippen LogP contribution in [-0.2, 0) is 9.53 Å². The summed E-state index contributed by atoms with van der Waals surface area (Å²) in [6.45, 7) is 5.39. The molecule has 0 saturated carbocycles. The molecule has 2 aromatic rings. The minimum Gasteiger partial charge on any atom is -0.462 e. The molecular weight excluding hydrogens is 380 g/mol. The molecular formula is C24H28N2O4. The van der Waals surface area contributed by atoms with Gasteiger partial charge >= 0.3 is 5.97 Å². The Kier molecular flexibility index (Phi) is 7.22. The highest BCUT2D eigenvalue weighted by atomic mass is 16.5. The maximum absolute atomic E-state index is 12.7. The topological polar surface area (TPSA) is 75.7 Å². The van der Waals surface area contributed by atoms with Crippen molar-refractivity contribution in [1.82, 2.24) is 4.90 Å². The maximum Gasteiger partial charge on any atom is 0.338 e. The van der Waals surface area contributed by atoms with E-state index in [2.05, 4.69) is 5.32 Å². The van der Waals surface area contributed by atoms with E-state index >= 15 is 0 Å². The van der Waals surface area contributed by atoms with Crippen molar-refractivity contribution in [3.8, 4) is 0 Å². The lowest BCUT2D eigenvalue weighted by Gasteiger charge is -2.31. The summed E-state index contributed by atoms with van der Waals surface area (Å²) < 4.78 is 5.10.